The van der Waals surface area contributed by atoms with Crippen LogP contribution in [-0.2, 0) is 5.41 Å². The Labute approximate surface area is 121 Å². The summed E-state index contributed by atoms with van der Waals surface area (Å²) in [5.74, 6) is 0.952. The van der Waals surface area contributed by atoms with Crippen LogP contribution >= 0.6 is 22.9 Å². The molecular weight excluding hydrogens is 260 g/mol. The van der Waals surface area contributed by atoms with E-state index in [1.165, 1.54) is 41.9 Å². The smallest absolute Gasteiger partial charge is 0.0678 e. The zero-order chi connectivity index (χ0) is 13.2. The van der Waals surface area contributed by atoms with Crippen LogP contribution in [0, 0.1) is 5.92 Å². The normalized spacial score (nSPS) is 19.3. The Kier molecular flexibility index (Phi) is 4.77. The van der Waals surface area contributed by atoms with Crippen molar-refractivity contribution in [3.63, 3.8) is 0 Å². The SMILES string of the molecule is CC(C)(C)c1ccc(C(Cl)CCC2CCCC2)s1. The lowest BCUT2D eigenvalue weighted by Gasteiger charge is -2.16. The molecule has 0 saturated heterocycles. The Hall–Kier alpha value is -0.0100. The van der Waals surface area contributed by atoms with Crippen LogP contribution in [0.5, 0.6) is 0 Å². The zero-order valence-corrected chi connectivity index (χ0v) is 13.4. The lowest BCUT2D eigenvalue weighted by Crippen LogP contribution is -2.07. The van der Waals surface area contributed by atoms with Gasteiger partial charge in [-0.25, -0.2) is 0 Å². The van der Waals surface area contributed by atoms with E-state index in [1.807, 2.05) is 11.3 Å². The van der Waals surface area contributed by atoms with Crippen molar-refractivity contribution in [1.29, 1.82) is 0 Å². The van der Waals surface area contributed by atoms with Crippen LogP contribution in [0.1, 0.15) is 74.4 Å². The Morgan fingerprint density at radius 3 is 2.50 bits per heavy atom. The van der Waals surface area contributed by atoms with Gasteiger partial charge in [-0.05, 0) is 36.3 Å². The van der Waals surface area contributed by atoms with Crippen LogP contribution in [0.15, 0.2) is 12.1 Å². The van der Waals surface area contributed by atoms with Crippen molar-refractivity contribution < 1.29 is 0 Å². The van der Waals surface area contributed by atoms with Crippen LogP contribution < -0.4 is 0 Å². The summed E-state index contributed by atoms with van der Waals surface area (Å²) in [6.07, 6.45) is 8.20. The summed E-state index contributed by atoms with van der Waals surface area (Å²) in [6.45, 7) is 6.80. The molecule has 2 heteroatoms. The topological polar surface area (TPSA) is 0 Å². The minimum absolute atomic E-state index is 0.228. The van der Waals surface area contributed by atoms with Gasteiger partial charge in [0.25, 0.3) is 0 Å². The molecular formula is C16H25ClS. The molecule has 1 fully saturated rings. The summed E-state index contributed by atoms with van der Waals surface area (Å²) in [6, 6.07) is 4.49. The highest BCUT2D eigenvalue weighted by molar-refractivity contribution is 7.12. The number of thiophene rings is 1. The Balaban J connectivity index is 1.88. The highest BCUT2D eigenvalue weighted by Gasteiger charge is 2.20. The predicted octanol–water partition coefficient (Wildman–Crippen LogP) is 6.30. The van der Waals surface area contributed by atoms with Crippen LogP contribution in [0.25, 0.3) is 0 Å². The van der Waals surface area contributed by atoms with Crippen molar-refractivity contribution in [3.05, 3.63) is 21.9 Å². The van der Waals surface area contributed by atoms with Crippen LogP contribution in [0.4, 0.5) is 0 Å². The van der Waals surface area contributed by atoms with Gasteiger partial charge in [0.05, 0.1) is 5.38 Å². The fourth-order valence-electron chi connectivity index (χ4n) is 2.75. The first-order valence-corrected chi connectivity index (χ1v) is 8.46. The molecule has 1 aromatic heterocycles. The Morgan fingerprint density at radius 2 is 1.94 bits per heavy atom. The van der Waals surface area contributed by atoms with E-state index in [9.17, 15) is 0 Å². The molecule has 102 valence electrons. The van der Waals surface area contributed by atoms with E-state index in [-0.39, 0.29) is 10.8 Å². The molecule has 1 heterocycles. The summed E-state index contributed by atoms with van der Waals surface area (Å²) in [4.78, 5) is 2.81. The van der Waals surface area contributed by atoms with E-state index in [1.54, 1.807) is 0 Å². The molecule has 1 aromatic rings. The quantitative estimate of drug-likeness (QED) is 0.570. The molecule has 18 heavy (non-hydrogen) atoms. The summed E-state index contributed by atoms with van der Waals surface area (Å²) in [5, 5.41) is 0.228. The molecule has 1 aliphatic rings. The monoisotopic (exact) mass is 284 g/mol. The van der Waals surface area contributed by atoms with Gasteiger partial charge < -0.3 is 0 Å². The van der Waals surface area contributed by atoms with Gasteiger partial charge in [-0.1, -0.05) is 46.5 Å². The highest BCUT2D eigenvalue weighted by Crippen LogP contribution is 2.38. The summed E-state index contributed by atoms with van der Waals surface area (Å²) >= 11 is 8.46. The van der Waals surface area contributed by atoms with Gasteiger partial charge >= 0.3 is 0 Å². The fourth-order valence-corrected chi connectivity index (χ4v) is 4.16. The molecule has 1 saturated carbocycles. The maximum Gasteiger partial charge on any atom is 0.0678 e. The molecule has 2 rings (SSSR count). The number of alkyl halides is 1. The van der Waals surface area contributed by atoms with E-state index in [4.69, 9.17) is 11.6 Å². The first kappa shape index (κ1) is 14.4. The van der Waals surface area contributed by atoms with Crippen molar-refractivity contribution in [1.82, 2.24) is 0 Å². The standard InChI is InChI=1S/C16H25ClS/c1-16(2,3)15-11-10-14(18-15)13(17)9-8-12-6-4-5-7-12/h10-13H,4-9H2,1-3H3. The molecule has 0 radical (unpaired) electrons. The minimum atomic E-state index is 0.228. The maximum absolute atomic E-state index is 6.56. The second kappa shape index (κ2) is 5.96. The summed E-state index contributed by atoms with van der Waals surface area (Å²) in [7, 11) is 0. The van der Waals surface area contributed by atoms with Crippen LogP contribution in [0.3, 0.4) is 0 Å². The first-order chi connectivity index (χ1) is 8.47. The van der Waals surface area contributed by atoms with Crippen molar-refractivity contribution in [2.75, 3.05) is 0 Å². The molecule has 0 aromatic carbocycles. The minimum Gasteiger partial charge on any atom is -0.143 e. The van der Waals surface area contributed by atoms with Gasteiger partial charge in [0.2, 0.25) is 0 Å². The van der Waals surface area contributed by atoms with Crippen molar-refractivity contribution in [2.45, 2.75) is 70.1 Å². The molecule has 1 aliphatic carbocycles. The van der Waals surface area contributed by atoms with Crippen molar-refractivity contribution in [3.8, 4) is 0 Å². The summed E-state index contributed by atoms with van der Waals surface area (Å²) in [5.41, 5.74) is 0.255. The van der Waals surface area contributed by atoms with Gasteiger partial charge in [-0.3, -0.25) is 0 Å². The molecule has 0 N–H and O–H groups in total. The third kappa shape index (κ3) is 3.74. The van der Waals surface area contributed by atoms with Gasteiger partial charge in [-0.15, -0.1) is 22.9 Å². The molecule has 0 aliphatic heterocycles. The number of halogens is 1. The average molecular weight is 285 g/mol. The molecule has 0 nitrogen and oxygen atoms in total. The number of hydrogen-bond donors (Lipinski definition) is 0. The molecule has 1 atom stereocenters. The van der Waals surface area contributed by atoms with Crippen molar-refractivity contribution >= 4 is 22.9 Å². The second-order valence-corrected chi connectivity index (χ2v) is 8.29. The van der Waals surface area contributed by atoms with Crippen LogP contribution in [0.2, 0.25) is 0 Å². The predicted molar refractivity (Wildman–Crippen MR) is 82.8 cm³/mol. The molecule has 0 spiro atoms. The van der Waals surface area contributed by atoms with E-state index in [2.05, 4.69) is 32.9 Å². The number of hydrogen-bond acceptors (Lipinski definition) is 1. The molecule has 0 amide bonds. The Bertz CT molecular complexity index is 369. The maximum atomic E-state index is 6.56. The zero-order valence-electron chi connectivity index (χ0n) is 11.8. The van der Waals surface area contributed by atoms with Gasteiger partial charge in [0.15, 0.2) is 0 Å². The summed E-state index contributed by atoms with van der Waals surface area (Å²) < 4.78 is 0. The van der Waals surface area contributed by atoms with Crippen molar-refractivity contribution in [2.24, 2.45) is 5.92 Å². The first-order valence-electron chi connectivity index (χ1n) is 7.21. The van der Waals surface area contributed by atoms with E-state index in [0.717, 1.165) is 12.3 Å². The third-order valence-corrected chi connectivity index (χ3v) is 6.19. The third-order valence-electron chi connectivity index (χ3n) is 3.98. The highest BCUT2D eigenvalue weighted by atomic mass is 35.5. The lowest BCUT2D eigenvalue weighted by molar-refractivity contribution is 0.481. The van der Waals surface area contributed by atoms with E-state index >= 15 is 0 Å². The van der Waals surface area contributed by atoms with Gasteiger partial charge in [-0.2, -0.15) is 0 Å². The Morgan fingerprint density at radius 1 is 1.28 bits per heavy atom. The van der Waals surface area contributed by atoms with Gasteiger partial charge in [0.1, 0.15) is 0 Å². The number of rotatable bonds is 4. The molecule has 0 bridgehead atoms. The second-order valence-electron chi connectivity index (χ2n) is 6.65. The average Bonchev–Trinajstić information content (AvgIpc) is 2.96. The van der Waals surface area contributed by atoms with E-state index < -0.39 is 0 Å². The molecule has 1 unspecified atom stereocenters. The van der Waals surface area contributed by atoms with Crippen LogP contribution in [-0.4, -0.2) is 0 Å². The largest absolute Gasteiger partial charge is 0.143 e. The lowest BCUT2D eigenvalue weighted by atomic mass is 9.95. The van der Waals surface area contributed by atoms with E-state index in [0.29, 0.717) is 0 Å². The fraction of sp³-hybridized carbons (Fsp3) is 0.750. The van der Waals surface area contributed by atoms with Gasteiger partial charge in [0, 0.05) is 9.75 Å².